The van der Waals surface area contributed by atoms with Crippen LogP contribution in [0, 0.1) is 18.5 Å². The third kappa shape index (κ3) is 1.94. The highest BCUT2D eigenvalue weighted by atomic mass is 32.1. The van der Waals surface area contributed by atoms with Crippen molar-refractivity contribution in [1.82, 2.24) is 15.0 Å². The lowest BCUT2D eigenvalue weighted by atomic mass is 10.2. The highest BCUT2D eigenvalue weighted by molar-refractivity contribution is 7.71. The smallest absolute Gasteiger partial charge is 0.157 e. The van der Waals surface area contributed by atoms with Crippen LogP contribution in [0.2, 0.25) is 0 Å². The van der Waals surface area contributed by atoms with Crippen molar-refractivity contribution in [3.63, 3.8) is 0 Å². The maximum absolute atomic E-state index is 5.17. The van der Waals surface area contributed by atoms with Crippen molar-refractivity contribution in [2.75, 3.05) is 0 Å². The number of nitrogens with one attached hydrogen (secondary N) is 1. The van der Waals surface area contributed by atoms with E-state index in [2.05, 4.69) is 15.0 Å². The molecule has 0 aliphatic carbocycles. The fourth-order valence-corrected chi connectivity index (χ4v) is 1.51. The molecule has 0 saturated carbocycles. The second-order valence-electron chi connectivity index (χ2n) is 3.36. The Hall–Kier alpha value is -1.55. The second kappa shape index (κ2) is 3.90. The van der Waals surface area contributed by atoms with E-state index >= 15 is 0 Å². The Balaban J connectivity index is 2.61. The molecule has 15 heavy (non-hydrogen) atoms. The summed E-state index contributed by atoms with van der Waals surface area (Å²) in [5, 5.41) is 0. The van der Waals surface area contributed by atoms with Gasteiger partial charge in [-0.05, 0) is 26.0 Å². The van der Waals surface area contributed by atoms with Gasteiger partial charge in [-0.3, -0.25) is 4.98 Å². The maximum Gasteiger partial charge on any atom is 0.157 e. The van der Waals surface area contributed by atoms with E-state index in [0.717, 1.165) is 22.8 Å². The molecule has 0 spiro atoms. The fraction of sp³-hybridized carbons (Fsp3) is 0.182. The highest BCUT2D eigenvalue weighted by Gasteiger charge is 2.03. The predicted molar refractivity (Wildman–Crippen MR) is 62.1 cm³/mol. The molecule has 3 nitrogen and oxygen atoms in total. The molecule has 1 N–H and O–H groups in total. The number of aromatic amines is 1. The molecule has 0 saturated heterocycles. The Bertz CT molecular complexity index is 531. The van der Waals surface area contributed by atoms with Gasteiger partial charge >= 0.3 is 0 Å². The summed E-state index contributed by atoms with van der Waals surface area (Å²) in [4.78, 5) is 11.7. The number of aromatic nitrogens is 3. The Morgan fingerprint density at radius 1 is 1.27 bits per heavy atom. The van der Waals surface area contributed by atoms with Crippen molar-refractivity contribution in [2.24, 2.45) is 0 Å². The summed E-state index contributed by atoms with van der Waals surface area (Å²) >= 11 is 5.17. The van der Waals surface area contributed by atoms with Crippen LogP contribution in [-0.4, -0.2) is 15.0 Å². The molecule has 0 unspecified atom stereocenters. The Morgan fingerprint density at radius 2 is 2.07 bits per heavy atom. The summed E-state index contributed by atoms with van der Waals surface area (Å²) in [6, 6.07) is 5.71. The molecule has 0 aliphatic heterocycles. The van der Waals surface area contributed by atoms with Crippen LogP contribution in [0.1, 0.15) is 11.3 Å². The molecule has 0 bridgehead atoms. The SMILES string of the molecule is Cc1[nH]c(-c2ccccn2)nc(=S)c1C. The van der Waals surface area contributed by atoms with Gasteiger partial charge in [0.1, 0.15) is 10.3 Å². The Kier molecular flexibility index (Phi) is 2.60. The first-order valence-corrected chi connectivity index (χ1v) is 5.08. The topological polar surface area (TPSA) is 41.6 Å². The molecule has 0 aromatic carbocycles. The van der Waals surface area contributed by atoms with Gasteiger partial charge in [0.2, 0.25) is 0 Å². The molecule has 0 fully saturated rings. The first-order chi connectivity index (χ1) is 7.18. The maximum atomic E-state index is 5.17. The number of aryl methyl sites for hydroxylation is 1. The number of rotatable bonds is 1. The predicted octanol–water partition coefficient (Wildman–Crippen LogP) is 2.82. The normalized spacial score (nSPS) is 10.3. The quantitative estimate of drug-likeness (QED) is 0.747. The fourth-order valence-electron chi connectivity index (χ4n) is 1.27. The monoisotopic (exact) mass is 217 g/mol. The van der Waals surface area contributed by atoms with Crippen molar-refractivity contribution in [2.45, 2.75) is 13.8 Å². The van der Waals surface area contributed by atoms with E-state index < -0.39 is 0 Å². The van der Waals surface area contributed by atoms with Crippen LogP contribution in [0.5, 0.6) is 0 Å². The van der Waals surface area contributed by atoms with Crippen molar-refractivity contribution < 1.29 is 0 Å². The van der Waals surface area contributed by atoms with Gasteiger partial charge in [0.05, 0.1) is 0 Å². The number of pyridine rings is 1. The lowest BCUT2D eigenvalue weighted by Crippen LogP contribution is -1.97. The summed E-state index contributed by atoms with van der Waals surface area (Å²) in [6.45, 7) is 3.95. The van der Waals surface area contributed by atoms with Gasteiger partial charge in [-0.2, -0.15) is 0 Å². The van der Waals surface area contributed by atoms with Crippen molar-refractivity contribution in [3.8, 4) is 11.5 Å². The minimum Gasteiger partial charge on any atom is -0.342 e. The standard InChI is InChI=1S/C11H11N3S/c1-7-8(2)13-10(14-11(7)15)9-5-3-4-6-12-9/h3-6H,1-2H3,(H,13,14,15). The zero-order valence-corrected chi connectivity index (χ0v) is 9.43. The molecule has 2 aromatic heterocycles. The van der Waals surface area contributed by atoms with Crippen molar-refractivity contribution >= 4 is 12.2 Å². The van der Waals surface area contributed by atoms with E-state index in [0.29, 0.717) is 4.64 Å². The van der Waals surface area contributed by atoms with Crippen LogP contribution in [0.25, 0.3) is 11.5 Å². The number of nitrogens with zero attached hydrogens (tertiary/aromatic N) is 2. The molecule has 4 heteroatoms. The average molecular weight is 217 g/mol. The lowest BCUT2D eigenvalue weighted by molar-refractivity contribution is 1.04. The summed E-state index contributed by atoms with van der Waals surface area (Å²) in [7, 11) is 0. The Morgan fingerprint density at radius 3 is 2.67 bits per heavy atom. The number of hydrogen-bond acceptors (Lipinski definition) is 3. The van der Waals surface area contributed by atoms with E-state index in [1.807, 2.05) is 32.0 Å². The van der Waals surface area contributed by atoms with E-state index in [4.69, 9.17) is 12.2 Å². The largest absolute Gasteiger partial charge is 0.342 e. The third-order valence-electron chi connectivity index (χ3n) is 2.31. The first kappa shape index (κ1) is 9.98. The molecule has 2 rings (SSSR count). The average Bonchev–Trinajstić information content (AvgIpc) is 2.26. The van der Waals surface area contributed by atoms with E-state index in [-0.39, 0.29) is 0 Å². The zero-order chi connectivity index (χ0) is 10.8. The summed E-state index contributed by atoms with van der Waals surface area (Å²) < 4.78 is 0.631. The molecule has 0 atom stereocenters. The number of H-pyrrole nitrogens is 1. The van der Waals surface area contributed by atoms with Crippen LogP contribution >= 0.6 is 12.2 Å². The second-order valence-corrected chi connectivity index (χ2v) is 3.74. The molecule has 0 amide bonds. The lowest BCUT2D eigenvalue weighted by Gasteiger charge is -2.04. The van der Waals surface area contributed by atoms with Crippen LogP contribution in [0.15, 0.2) is 24.4 Å². The van der Waals surface area contributed by atoms with Gasteiger partial charge in [0, 0.05) is 17.5 Å². The highest BCUT2D eigenvalue weighted by Crippen LogP contribution is 2.13. The van der Waals surface area contributed by atoms with Crippen LogP contribution in [-0.2, 0) is 0 Å². The zero-order valence-electron chi connectivity index (χ0n) is 8.61. The number of hydrogen-bond donors (Lipinski definition) is 1. The summed E-state index contributed by atoms with van der Waals surface area (Å²) in [5.74, 6) is 0.726. The summed E-state index contributed by atoms with van der Waals surface area (Å²) in [5.41, 5.74) is 2.87. The summed E-state index contributed by atoms with van der Waals surface area (Å²) in [6.07, 6.45) is 1.74. The third-order valence-corrected chi connectivity index (χ3v) is 2.71. The van der Waals surface area contributed by atoms with Gasteiger partial charge < -0.3 is 4.98 Å². The van der Waals surface area contributed by atoms with Crippen molar-refractivity contribution in [3.05, 3.63) is 40.3 Å². The van der Waals surface area contributed by atoms with Gasteiger partial charge in [0.15, 0.2) is 5.82 Å². The molecule has 2 heterocycles. The van der Waals surface area contributed by atoms with Gasteiger partial charge in [-0.1, -0.05) is 18.3 Å². The first-order valence-electron chi connectivity index (χ1n) is 4.67. The van der Waals surface area contributed by atoms with E-state index in [9.17, 15) is 0 Å². The van der Waals surface area contributed by atoms with Crippen LogP contribution < -0.4 is 0 Å². The Labute approximate surface area is 93.2 Å². The molecular formula is C11H11N3S. The van der Waals surface area contributed by atoms with Crippen LogP contribution in [0.4, 0.5) is 0 Å². The molecular weight excluding hydrogens is 206 g/mol. The molecule has 2 aromatic rings. The van der Waals surface area contributed by atoms with Gasteiger partial charge in [0.25, 0.3) is 0 Å². The van der Waals surface area contributed by atoms with Crippen molar-refractivity contribution in [1.29, 1.82) is 0 Å². The molecule has 76 valence electrons. The van der Waals surface area contributed by atoms with Gasteiger partial charge in [-0.25, -0.2) is 4.98 Å². The van der Waals surface area contributed by atoms with E-state index in [1.165, 1.54) is 0 Å². The minimum atomic E-state index is 0.631. The van der Waals surface area contributed by atoms with E-state index in [1.54, 1.807) is 6.20 Å². The van der Waals surface area contributed by atoms with Crippen LogP contribution in [0.3, 0.4) is 0 Å². The van der Waals surface area contributed by atoms with Gasteiger partial charge in [-0.15, -0.1) is 0 Å². The minimum absolute atomic E-state index is 0.631. The molecule has 0 aliphatic rings. The molecule has 0 radical (unpaired) electrons.